The zero-order valence-corrected chi connectivity index (χ0v) is 15.3. The number of hydrogen-bond donors (Lipinski definition) is 1. The van der Waals surface area contributed by atoms with Crippen LogP contribution in [0, 0.1) is 6.92 Å². The number of carbonyl (C=O) groups excluding carboxylic acids is 1. The summed E-state index contributed by atoms with van der Waals surface area (Å²) in [6.07, 6.45) is 0. The maximum absolute atomic E-state index is 12.7. The number of rotatable bonds is 4. The van der Waals surface area contributed by atoms with E-state index < -0.39 is 0 Å². The molecule has 7 heteroatoms. The standard InChI is InChI=1S/C19H18N4O2S/c1-12(14-6-4-3-5-7-14)20-18(24)11-22-19(25)16-10-17-15(8-9-26-17)23(16)13(2)21-22/h3-10,12H,11H2,1-2H3,(H,20,24)/t12-/m1/s1. The number of amides is 1. The third kappa shape index (κ3) is 2.80. The van der Waals surface area contributed by atoms with Crippen LogP contribution in [0.25, 0.3) is 15.7 Å². The van der Waals surface area contributed by atoms with E-state index in [1.807, 2.05) is 66.1 Å². The Hall–Kier alpha value is -2.93. The molecule has 26 heavy (non-hydrogen) atoms. The molecule has 0 saturated carbocycles. The van der Waals surface area contributed by atoms with E-state index in [-0.39, 0.29) is 24.1 Å². The second-order valence-corrected chi connectivity index (χ2v) is 7.19. The molecular weight excluding hydrogens is 348 g/mol. The Bertz CT molecular complexity index is 1160. The molecule has 0 saturated heterocycles. The van der Waals surface area contributed by atoms with E-state index in [1.165, 1.54) is 4.68 Å². The molecule has 0 bridgehead atoms. The van der Waals surface area contributed by atoms with Gasteiger partial charge in [-0.25, -0.2) is 4.68 Å². The number of hydrogen-bond acceptors (Lipinski definition) is 4. The van der Waals surface area contributed by atoms with E-state index in [9.17, 15) is 9.59 Å². The third-order valence-electron chi connectivity index (χ3n) is 4.44. The Morgan fingerprint density at radius 1 is 1.23 bits per heavy atom. The smallest absolute Gasteiger partial charge is 0.291 e. The minimum absolute atomic E-state index is 0.105. The molecule has 4 rings (SSSR count). The molecule has 1 N–H and O–H groups in total. The monoisotopic (exact) mass is 366 g/mol. The van der Waals surface area contributed by atoms with Gasteiger partial charge in [0.2, 0.25) is 5.91 Å². The Morgan fingerprint density at radius 3 is 2.77 bits per heavy atom. The highest BCUT2D eigenvalue weighted by Gasteiger charge is 2.16. The first-order chi connectivity index (χ1) is 12.5. The number of fused-ring (bicyclic) bond motifs is 3. The van der Waals surface area contributed by atoms with Crippen molar-refractivity contribution in [1.29, 1.82) is 0 Å². The van der Waals surface area contributed by atoms with E-state index in [1.54, 1.807) is 11.3 Å². The van der Waals surface area contributed by atoms with E-state index in [0.29, 0.717) is 11.3 Å². The molecule has 0 aliphatic heterocycles. The van der Waals surface area contributed by atoms with Gasteiger partial charge in [0.1, 0.15) is 17.9 Å². The van der Waals surface area contributed by atoms with Crippen LogP contribution in [0.15, 0.2) is 52.6 Å². The van der Waals surface area contributed by atoms with Crippen molar-refractivity contribution in [2.75, 3.05) is 0 Å². The highest BCUT2D eigenvalue weighted by atomic mass is 32.1. The molecule has 0 fully saturated rings. The van der Waals surface area contributed by atoms with Gasteiger partial charge in [-0.05, 0) is 36.9 Å². The molecule has 0 radical (unpaired) electrons. The van der Waals surface area contributed by atoms with Gasteiger partial charge in [0.15, 0.2) is 0 Å². The average molecular weight is 366 g/mol. The quantitative estimate of drug-likeness (QED) is 0.604. The van der Waals surface area contributed by atoms with Crippen molar-refractivity contribution in [1.82, 2.24) is 19.5 Å². The highest BCUT2D eigenvalue weighted by molar-refractivity contribution is 7.17. The van der Waals surface area contributed by atoms with Gasteiger partial charge in [-0.3, -0.25) is 14.0 Å². The molecule has 1 aromatic carbocycles. The van der Waals surface area contributed by atoms with Gasteiger partial charge in [0.05, 0.1) is 16.3 Å². The molecule has 6 nitrogen and oxygen atoms in total. The lowest BCUT2D eigenvalue weighted by Crippen LogP contribution is -2.36. The first-order valence-corrected chi connectivity index (χ1v) is 9.23. The number of nitrogens with zero attached hydrogens (tertiary/aromatic N) is 3. The lowest BCUT2D eigenvalue weighted by atomic mass is 10.1. The molecule has 3 aromatic heterocycles. The summed E-state index contributed by atoms with van der Waals surface area (Å²) in [5, 5.41) is 9.24. The first kappa shape index (κ1) is 16.5. The number of nitrogens with one attached hydrogen (secondary N) is 1. The maximum Gasteiger partial charge on any atom is 0.291 e. The van der Waals surface area contributed by atoms with Crippen LogP contribution in [0.3, 0.4) is 0 Å². The fourth-order valence-corrected chi connectivity index (χ4v) is 3.99. The summed E-state index contributed by atoms with van der Waals surface area (Å²) >= 11 is 1.58. The molecule has 0 aliphatic rings. The Labute approximate surface area is 153 Å². The zero-order chi connectivity index (χ0) is 18.3. The van der Waals surface area contributed by atoms with Gasteiger partial charge in [-0.1, -0.05) is 30.3 Å². The van der Waals surface area contributed by atoms with Crippen LogP contribution in [0.2, 0.25) is 0 Å². The minimum Gasteiger partial charge on any atom is -0.348 e. The van der Waals surface area contributed by atoms with Gasteiger partial charge in [0.25, 0.3) is 5.56 Å². The van der Waals surface area contributed by atoms with Gasteiger partial charge < -0.3 is 5.32 Å². The zero-order valence-electron chi connectivity index (χ0n) is 14.5. The second kappa shape index (κ2) is 6.42. The normalized spacial score (nSPS) is 12.5. The summed E-state index contributed by atoms with van der Waals surface area (Å²) in [5.74, 6) is 0.435. The van der Waals surface area contributed by atoms with Crippen molar-refractivity contribution >= 4 is 33.0 Å². The van der Waals surface area contributed by atoms with Crippen LogP contribution in [-0.2, 0) is 11.3 Å². The lowest BCUT2D eigenvalue weighted by Gasteiger charge is -2.15. The summed E-state index contributed by atoms with van der Waals surface area (Å²) in [4.78, 5) is 25.1. The predicted molar refractivity (Wildman–Crippen MR) is 103 cm³/mol. The fourth-order valence-electron chi connectivity index (χ4n) is 3.18. The topological polar surface area (TPSA) is 68.4 Å². The van der Waals surface area contributed by atoms with Crippen molar-refractivity contribution < 1.29 is 4.79 Å². The molecule has 4 aromatic rings. The Balaban J connectivity index is 1.62. The Kier molecular flexibility index (Phi) is 4.08. The molecule has 0 aliphatic carbocycles. The van der Waals surface area contributed by atoms with Crippen molar-refractivity contribution in [2.24, 2.45) is 0 Å². The van der Waals surface area contributed by atoms with E-state index in [0.717, 1.165) is 15.8 Å². The summed E-state index contributed by atoms with van der Waals surface area (Å²) in [5.41, 5.74) is 2.27. The summed E-state index contributed by atoms with van der Waals surface area (Å²) in [6.45, 7) is 3.65. The number of thiophene rings is 1. The predicted octanol–water partition coefficient (Wildman–Crippen LogP) is 2.90. The number of aryl methyl sites for hydroxylation is 1. The lowest BCUT2D eigenvalue weighted by molar-refractivity contribution is -0.122. The number of benzene rings is 1. The van der Waals surface area contributed by atoms with E-state index in [4.69, 9.17) is 0 Å². The number of carbonyl (C=O) groups is 1. The maximum atomic E-state index is 12.7. The third-order valence-corrected chi connectivity index (χ3v) is 5.29. The molecule has 3 heterocycles. The summed E-state index contributed by atoms with van der Waals surface area (Å²) in [6, 6.07) is 13.4. The van der Waals surface area contributed by atoms with Crippen molar-refractivity contribution in [3.05, 3.63) is 69.6 Å². The Morgan fingerprint density at radius 2 is 2.00 bits per heavy atom. The highest BCUT2D eigenvalue weighted by Crippen LogP contribution is 2.24. The second-order valence-electron chi connectivity index (χ2n) is 6.24. The van der Waals surface area contributed by atoms with Crippen LogP contribution in [-0.4, -0.2) is 20.1 Å². The molecule has 0 unspecified atom stereocenters. The molecule has 1 atom stereocenters. The molecule has 0 spiro atoms. The van der Waals surface area contributed by atoms with Gasteiger partial charge in [-0.2, -0.15) is 5.10 Å². The largest absolute Gasteiger partial charge is 0.348 e. The van der Waals surface area contributed by atoms with Crippen LogP contribution < -0.4 is 10.9 Å². The van der Waals surface area contributed by atoms with Crippen molar-refractivity contribution in [2.45, 2.75) is 26.4 Å². The minimum atomic E-state index is -0.262. The summed E-state index contributed by atoms with van der Waals surface area (Å²) in [7, 11) is 0. The SMILES string of the molecule is Cc1nn(CC(=O)N[C@H](C)c2ccccc2)c(=O)c2cc3sccc3n12. The van der Waals surface area contributed by atoms with Gasteiger partial charge in [-0.15, -0.1) is 11.3 Å². The average Bonchev–Trinajstić information content (AvgIpc) is 3.21. The first-order valence-electron chi connectivity index (χ1n) is 8.35. The number of aromatic nitrogens is 3. The van der Waals surface area contributed by atoms with Crippen LogP contribution in [0.5, 0.6) is 0 Å². The molecule has 132 valence electrons. The van der Waals surface area contributed by atoms with Crippen LogP contribution in [0.1, 0.15) is 24.4 Å². The van der Waals surface area contributed by atoms with E-state index >= 15 is 0 Å². The summed E-state index contributed by atoms with van der Waals surface area (Å²) < 4.78 is 4.11. The van der Waals surface area contributed by atoms with Gasteiger partial charge in [0, 0.05) is 0 Å². The van der Waals surface area contributed by atoms with E-state index in [2.05, 4.69) is 10.4 Å². The molecular formula is C19H18N4O2S. The van der Waals surface area contributed by atoms with Crippen LogP contribution in [0.4, 0.5) is 0 Å². The van der Waals surface area contributed by atoms with Crippen molar-refractivity contribution in [3.63, 3.8) is 0 Å². The fraction of sp³-hybridized carbons (Fsp3) is 0.211. The van der Waals surface area contributed by atoms with Crippen LogP contribution >= 0.6 is 11.3 Å². The molecule has 1 amide bonds. The van der Waals surface area contributed by atoms with Crippen molar-refractivity contribution in [3.8, 4) is 0 Å². The van der Waals surface area contributed by atoms with Gasteiger partial charge >= 0.3 is 0 Å².